The lowest BCUT2D eigenvalue weighted by atomic mass is 10.2. The number of thioether (sulfide) groups is 1. The predicted octanol–water partition coefficient (Wildman–Crippen LogP) is 3.35. The SMILES string of the molecule is C[C@@H](Sc1ncnc2c1cnn2-c1ccccc1)C(=O)NC1CCCC1. The minimum Gasteiger partial charge on any atom is -0.352 e. The van der Waals surface area contributed by atoms with E-state index in [0.29, 0.717) is 6.04 Å². The first kappa shape index (κ1) is 17.0. The molecule has 2 heterocycles. The minimum atomic E-state index is -0.214. The van der Waals surface area contributed by atoms with E-state index in [1.54, 1.807) is 10.9 Å². The number of nitrogens with zero attached hydrogens (tertiary/aromatic N) is 4. The van der Waals surface area contributed by atoms with Crippen LogP contribution in [0.25, 0.3) is 16.7 Å². The molecule has 2 aromatic heterocycles. The van der Waals surface area contributed by atoms with Gasteiger partial charge >= 0.3 is 0 Å². The van der Waals surface area contributed by atoms with E-state index >= 15 is 0 Å². The zero-order chi connectivity index (χ0) is 17.9. The van der Waals surface area contributed by atoms with Crippen molar-refractivity contribution >= 4 is 28.7 Å². The molecule has 4 rings (SSSR count). The second kappa shape index (κ2) is 7.45. The maximum Gasteiger partial charge on any atom is 0.233 e. The van der Waals surface area contributed by atoms with Crippen LogP contribution in [0.2, 0.25) is 0 Å². The number of carbonyl (C=O) groups excluding carboxylic acids is 1. The lowest BCUT2D eigenvalue weighted by Crippen LogP contribution is -2.37. The maximum absolute atomic E-state index is 12.5. The summed E-state index contributed by atoms with van der Waals surface area (Å²) in [5.41, 5.74) is 1.70. The van der Waals surface area contributed by atoms with E-state index in [0.717, 1.165) is 34.6 Å². The Bertz CT molecular complexity index is 905. The normalized spacial score (nSPS) is 16.0. The minimum absolute atomic E-state index is 0.0733. The Morgan fingerprint density at radius 2 is 2.00 bits per heavy atom. The summed E-state index contributed by atoms with van der Waals surface area (Å²) in [6.07, 6.45) is 7.89. The second-order valence-electron chi connectivity index (χ2n) is 6.56. The summed E-state index contributed by atoms with van der Waals surface area (Å²) in [7, 11) is 0. The number of aromatic nitrogens is 4. The number of fused-ring (bicyclic) bond motifs is 1. The molecule has 1 saturated carbocycles. The first-order valence-corrected chi connectivity index (χ1v) is 9.81. The molecule has 0 bridgehead atoms. The van der Waals surface area contributed by atoms with Gasteiger partial charge in [-0.05, 0) is 31.9 Å². The molecule has 1 atom stereocenters. The van der Waals surface area contributed by atoms with Crippen LogP contribution in [-0.4, -0.2) is 36.9 Å². The van der Waals surface area contributed by atoms with Gasteiger partial charge in [0, 0.05) is 6.04 Å². The van der Waals surface area contributed by atoms with E-state index in [2.05, 4.69) is 20.4 Å². The van der Waals surface area contributed by atoms with E-state index < -0.39 is 0 Å². The monoisotopic (exact) mass is 367 g/mol. The topological polar surface area (TPSA) is 72.7 Å². The molecule has 1 aromatic carbocycles. The third-order valence-corrected chi connectivity index (χ3v) is 5.81. The van der Waals surface area contributed by atoms with Crippen molar-refractivity contribution < 1.29 is 4.79 Å². The van der Waals surface area contributed by atoms with Crippen molar-refractivity contribution in [2.24, 2.45) is 0 Å². The van der Waals surface area contributed by atoms with Crippen LogP contribution >= 0.6 is 11.8 Å². The zero-order valence-corrected chi connectivity index (χ0v) is 15.4. The van der Waals surface area contributed by atoms with Crippen molar-refractivity contribution in [3.8, 4) is 5.69 Å². The summed E-state index contributed by atoms with van der Waals surface area (Å²) < 4.78 is 1.80. The molecule has 7 heteroatoms. The smallest absolute Gasteiger partial charge is 0.233 e. The van der Waals surface area contributed by atoms with Gasteiger partial charge in [0.05, 0.1) is 22.5 Å². The molecule has 1 aliphatic carbocycles. The Morgan fingerprint density at radius 1 is 1.23 bits per heavy atom. The zero-order valence-electron chi connectivity index (χ0n) is 14.6. The average Bonchev–Trinajstić information content (AvgIpc) is 3.32. The fraction of sp³-hybridized carbons (Fsp3) is 0.368. The van der Waals surface area contributed by atoms with Crippen LogP contribution in [0.5, 0.6) is 0 Å². The molecule has 0 unspecified atom stereocenters. The number of hydrogen-bond donors (Lipinski definition) is 1. The van der Waals surface area contributed by atoms with Gasteiger partial charge in [-0.3, -0.25) is 4.79 Å². The number of amides is 1. The predicted molar refractivity (Wildman–Crippen MR) is 102 cm³/mol. The van der Waals surface area contributed by atoms with Crippen LogP contribution in [0, 0.1) is 0 Å². The van der Waals surface area contributed by atoms with Crippen molar-refractivity contribution in [3.05, 3.63) is 42.9 Å². The Kier molecular flexibility index (Phi) is 4.88. The molecule has 0 radical (unpaired) electrons. The van der Waals surface area contributed by atoms with Crippen molar-refractivity contribution in [3.63, 3.8) is 0 Å². The fourth-order valence-electron chi connectivity index (χ4n) is 3.28. The highest BCUT2D eigenvalue weighted by Crippen LogP contribution is 2.29. The van der Waals surface area contributed by atoms with Gasteiger partial charge in [-0.25, -0.2) is 14.6 Å². The highest BCUT2D eigenvalue weighted by Gasteiger charge is 2.23. The maximum atomic E-state index is 12.5. The first-order chi connectivity index (χ1) is 12.7. The summed E-state index contributed by atoms with van der Waals surface area (Å²) in [5, 5.41) is 9.05. The summed E-state index contributed by atoms with van der Waals surface area (Å²) in [4.78, 5) is 21.2. The van der Waals surface area contributed by atoms with Crippen molar-refractivity contribution in [2.75, 3.05) is 0 Å². The van der Waals surface area contributed by atoms with Gasteiger partial charge in [-0.15, -0.1) is 0 Å². The standard InChI is InChI=1S/C19H21N5OS/c1-13(18(25)23-14-7-5-6-8-14)26-19-16-11-22-24(17(16)20-12-21-19)15-9-3-2-4-10-15/h2-4,9-14H,5-8H2,1H3,(H,23,25)/t13-/m1/s1. The summed E-state index contributed by atoms with van der Waals surface area (Å²) in [6, 6.07) is 10.2. The molecule has 1 amide bonds. The summed E-state index contributed by atoms with van der Waals surface area (Å²) in [6.45, 7) is 1.92. The van der Waals surface area contributed by atoms with Crippen LogP contribution in [0.3, 0.4) is 0 Å². The Morgan fingerprint density at radius 3 is 2.77 bits per heavy atom. The number of benzene rings is 1. The van der Waals surface area contributed by atoms with Gasteiger partial charge in [0.1, 0.15) is 11.4 Å². The Labute approximate surface area is 156 Å². The van der Waals surface area contributed by atoms with Crippen LogP contribution in [0.1, 0.15) is 32.6 Å². The highest BCUT2D eigenvalue weighted by molar-refractivity contribution is 8.00. The lowest BCUT2D eigenvalue weighted by Gasteiger charge is -2.16. The molecule has 0 saturated heterocycles. The quantitative estimate of drug-likeness (QED) is 0.553. The molecule has 6 nitrogen and oxygen atoms in total. The lowest BCUT2D eigenvalue weighted by molar-refractivity contribution is -0.120. The van der Waals surface area contributed by atoms with E-state index in [1.165, 1.54) is 30.9 Å². The number of carbonyl (C=O) groups is 1. The van der Waals surface area contributed by atoms with Crippen LogP contribution in [0.4, 0.5) is 0 Å². The van der Waals surface area contributed by atoms with E-state index in [9.17, 15) is 4.79 Å². The van der Waals surface area contributed by atoms with E-state index in [1.807, 2.05) is 37.3 Å². The van der Waals surface area contributed by atoms with Gasteiger partial charge < -0.3 is 5.32 Å². The number of para-hydroxylation sites is 1. The molecular weight excluding hydrogens is 346 g/mol. The van der Waals surface area contributed by atoms with Crippen molar-refractivity contribution in [1.29, 1.82) is 0 Å². The molecule has 134 valence electrons. The number of hydrogen-bond acceptors (Lipinski definition) is 5. The number of nitrogens with one attached hydrogen (secondary N) is 1. The number of rotatable bonds is 5. The van der Waals surface area contributed by atoms with Gasteiger partial charge in [-0.2, -0.15) is 5.10 Å². The third kappa shape index (κ3) is 3.44. The summed E-state index contributed by atoms with van der Waals surface area (Å²) in [5.74, 6) is 0.0733. The van der Waals surface area contributed by atoms with Crippen LogP contribution in [0.15, 0.2) is 47.9 Å². The molecule has 0 spiro atoms. The summed E-state index contributed by atoms with van der Waals surface area (Å²) >= 11 is 1.46. The molecule has 1 aliphatic rings. The average molecular weight is 367 g/mol. The van der Waals surface area contributed by atoms with E-state index in [-0.39, 0.29) is 11.2 Å². The molecule has 26 heavy (non-hydrogen) atoms. The van der Waals surface area contributed by atoms with Gasteiger partial charge in [0.25, 0.3) is 0 Å². The first-order valence-electron chi connectivity index (χ1n) is 8.93. The highest BCUT2D eigenvalue weighted by atomic mass is 32.2. The molecule has 1 N–H and O–H groups in total. The van der Waals surface area contributed by atoms with Crippen LogP contribution in [-0.2, 0) is 4.79 Å². The molecule has 3 aromatic rings. The van der Waals surface area contributed by atoms with Crippen molar-refractivity contribution in [2.45, 2.75) is 48.9 Å². The van der Waals surface area contributed by atoms with Gasteiger partial charge in [-0.1, -0.05) is 42.8 Å². The van der Waals surface area contributed by atoms with Crippen molar-refractivity contribution in [1.82, 2.24) is 25.1 Å². The third-order valence-electron chi connectivity index (χ3n) is 4.69. The van der Waals surface area contributed by atoms with Gasteiger partial charge in [0.2, 0.25) is 5.91 Å². The fourth-order valence-corrected chi connectivity index (χ4v) is 4.17. The van der Waals surface area contributed by atoms with Crippen LogP contribution < -0.4 is 5.32 Å². The van der Waals surface area contributed by atoms with Gasteiger partial charge in [0.15, 0.2) is 5.65 Å². The molecule has 1 fully saturated rings. The largest absolute Gasteiger partial charge is 0.352 e. The van der Waals surface area contributed by atoms with E-state index in [4.69, 9.17) is 0 Å². The Balaban J connectivity index is 1.55. The molecular formula is C19H21N5OS. The molecule has 0 aliphatic heterocycles. The second-order valence-corrected chi connectivity index (χ2v) is 7.89. The Hall–Kier alpha value is -2.41.